The van der Waals surface area contributed by atoms with E-state index in [1.165, 1.54) is 18.6 Å². The Labute approximate surface area is 100 Å². The van der Waals surface area contributed by atoms with Gasteiger partial charge in [-0.2, -0.15) is 0 Å². The van der Waals surface area contributed by atoms with Crippen LogP contribution in [0, 0.1) is 0 Å². The van der Waals surface area contributed by atoms with E-state index in [-0.39, 0.29) is 4.90 Å². The van der Waals surface area contributed by atoms with Crippen molar-refractivity contribution in [3.8, 4) is 5.75 Å². The summed E-state index contributed by atoms with van der Waals surface area (Å²) in [7, 11) is -1.82. The zero-order valence-corrected chi connectivity index (χ0v) is 10.5. The molecule has 2 rings (SSSR count). The summed E-state index contributed by atoms with van der Waals surface area (Å²) in [6.45, 7) is 1.63. The van der Waals surface area contributed by atoms with Crippen LogP contribution in [0.3, 0.4) is 0 Å². The number of hydrogen-bond acceptors (Lipinski definition) is 4. The maximum atomic E-state index is 11.8. The maximum Gasteiger partial charge on any atom is 0.200 e. The normalized spacial score (nSPS) is 18.4. The van der Waals surface area contributed by atoms with Gasteiger partial charge < -0.3 is 9.84 Å². The molecule has 1 aliphatic rings. The molecule has 0 bridgehead atoms. The Bertz CT molecular complexity index is 570. The molecule has 1 aromatic carbocycles. The molecule has 0 fully saturated rings. The molecule has 0 saturated carbocycles. The number of methoxy groups -OCH3 is 1. The van der Waals surface area contributed by atoms with Crippen LogP contribution in [0.15, 0.2) is 28.5 Å². The summed E-state index contributed by atoms with van der Waals surface area (Å²) in [4.78, 5) is 0.286. The summed E-state index contributed by atoms with van der Waals surface area (Å²) in [6.07, 6.45) is -0.257. The summed E-state index contributed by atoms with van der Waals surface area (Å²) < 4.78 is 28.8. The first-order valence-electron chi connectivity index (χ1n) is 5.26. The first-order valence-corrected chi connectivity index (χ1v) is 6.81. The second-order valence-electron chi connectivity index (χ2n) is 4.10. The molecular formula is C12H14O4S. The minimum Gasteiger partial charge on any atom is -0.497 e. The first-order chi connectivity index (χ1) is 7.94. The molecule has 1 aromatic rings. The van der Waals surface area contributed by atoms with E-state index >= 15 is 0 Å². The average molecular weight is 254 g/mol. The molecule has 17 heavy (non-hydrogen) atoms. The van der Waals surface area contributed by atoms with Crippen LogP contribution < -0.4 is 4.74 Å². The molecule has 0 amide bonds. The van der Waals surface area contributed by atoms with Crippen molar-refractivity contribution in [2.24, 2.45) is 0 Å². The smallest absolute Gasteiger partial charge is 0.200 e. The predicted molar refractivity (Wildman–Crippen MR) is 64.5 cm³/mol. The van der Waals surface area contributed by atoms with E-state index in [9.17, 15) is 13.5 Å². The Morgan fingerprint density at radius 1 is 1.41 bits per heavy atom. The summed E-state index contributed by atoms with van der Waals surface area (Å²) in [5, 5.41) is 10.6. The zero-order valence-electron chi connectivity index (χ0n) is 9.67. The van der Waals surface area contributed by atoms with Crippen molar-refractivity contribution in [3.05, 3.63) is 29.2 Å². The fourth-order valence-electron chi connectivity index (χ4n) is 1.93. The molecule has 4 nitrogen and oxygen atoms in total. The highest BCUT2D eigenvalue weighted by Crippen LogP contribution is 2.37. The van der Waals surface area contributed by atoms with Crippen molar-refractivity contribution >= 4 is 15.4 Å². The molecule has 1 aliphatic heterocycles. The number of aliphatic hydroxyl groups excluding tert-OH is 1. The van der Waals surface area contributed by atoms with E-state index in [0.29, 0.717) is 23.3 Å². The topological polar surface area (TPSA) is 63.6 Å². The molecule has 0 aromatic heterocycles. The second-order valence-corrected chi connectivity index (χ2v) is 5.87. The standard InChI is InChI=1S/C12H14O4S/c1-8(13)5-9-7-17(14,15)12-4-3-10(16-2)6-11(9)12/h3-4,6-8,13H,5H2,1-2H3. The minimum atomic E-state index is -3.35. The molecule has 0 saturated heterocycles. The Hall–Kier alpha value is -1.33. The third kappa shape index (κ3) is 2.21. The van der Waals surface area contributed by atoms with Crippen molar-refractivity contribution in [1.82, 2.24) is 0 Å². The van der Waals surface area contributed by atoms with Crippen LogP contribution in [0.2, 0.25) is 0 Å². The Balaban J connectivity index is 2.54. The van der Waals surface area contributed by atoms with Crippen LogP contribution >= 0.6 is 0 Å². The maximum absolute atomic E-state index is 11.8. The monoisotopic (exact) mass is 254 g/mol. The lowest BCUT2D eigenvalue weighted by atomic mass is 10.0. The third-order valence-corrected chi connectivity index (χ3v) is 4.22. The lowest BCUT2D eigenvalue weighted by molar-refractivity contribution is 0.201. The molecule has 92 valence electrons. The summed E-state index contributed by atoms with van der Waals surface area (Å²) in [6, 6.07) is 4.85. The Morgan fingerprint density at radius 2 is 2.12 bits per heavy atom. The van der Waals surface area contributed by atoms with Gasteiger partial charge in [0.15, 0.2) is 0 Å². The fourth-order valence-corrected chi connectivity index (χ4v) is 3.40. The fraction of sp³-hybridized carbons (Fsp3) is 0.333. The van der Waals surface area contributed by atoms with Crippen molar-refractivity contribution in [2.45, 2.75) is 24.3 Å². The predicted octanol–water partition coefficient (Wildman–Crippen LogP) is 1.59. The van der Waals surface area contributed by atoms with Crippen LogP contribution in [0.25, 0.3) is 5.57 Å². The van der Waals surface area contributed by atoms with Gasteiger partial charge in [-0.25, -0.2) is 8.42 Å². The van der Waals surface area contributed by atoms with Gasteiger partial charge in [0, 0.05) is 11.0 Å². The van der Waals surface area contributed by atoms with Gasteiger partial charge in [-0.3, -0.25) is 0 Å². The number of ether oxygens (including phenoxy) is 1. The van der Waals surface area contributed by atoms with Crippen molar-refractivity contribution in [3.63, 3.8) is 0 Å². The van der Waals surface area contributed by atoms with Crippen molar-refractivity contribution in [1.29, 1.82) is 0 Å². The summed E-state index contributed by atoms with van der Waals surface area (Å²) >= 11 is 0. The Morgan fingerprint density at radius 3 is 2.71 bits per heavy atom. The van der Waals surface area contributed by atoms with Crippen LogP contribution in [-0.4, -0.2) is 26.7 Å². The van der Waals surface area contributed by atoms with E-state index in [0.717, 1.165) is 0 Å². The van der Waals surface area contributed by atoms with E-state index in [1.807, 2.05) is 0 Å². The van der Waals surface area contributed by atoms with E-state index < -0.39 is 15.9 Å². The second kappa shape index (κ2) is 4.16. The summed E-state index contributed by atoms with van der Waals surface area (Å²) in [5.74, 6) is 0.609. The van der Waals surface area contributed by atoms with Crippen LogP contribution in [0.1, 0.15) is 18.9 Å². The number of aliphatic hydroxyl groups is 1. The average Bonchev–Trinajstić information content (AvgIpc) is 2.49. The molecular weight excluding hydrogens is 240 g/mol. The lowest BCUT2D eigenvalue weighted by Gasteiger charge is -2.08. The highest BCUT2D eigenvalue weighted by Gasteiger charge is 2.27. The number of hydrogen-bond donors (Lipinski definition) is 1. The largest absolute Gasteiger partial charge is 0.497 e. The number of rotatable bonds is 3. The highest BCUT2D eigenvalue weighted by atomic mass is 32.2. The van der Waals surface area contributed by atoms with Crippen molar-refractivity contribution in [2.75, 3.05) is 7.11 Å². The van der Waals surface area contributed by atoms with Gasteiger partial charge in [0.25, 0.3) is 0 Å². The van der Waals surface area contributed by atoms with Gasteiger partial charge in [-0.05, 0) is 37.1 Å². The zero-order chi connectivity index (χ0) is 12.6. The first kappa shape index (κ1) is 12.1. The number of fused-ring (bicyclic) bond motifs is 1. The summed E-state index contributed by atoms with van der Waals surface area (Å²) in [5.41, 5.74) is 1.26. The number of benzene rings is 1. The molecule has 1 atom stereocenters. The van der Waals surface area contributed by atoms with Gasteiger partial charge in [0.1, 0.15) is 5.75 Å². The van der Waals surface area contributed by atoms with Gasteiger partial charge in [-0.15, -0.1) is 0 Å². The number of sulfone groups is 1. The molecule has 0 spiro atoms. The van der Waals surface area contributed by atoms with Gasteiger partial charge in [0.05, 0.1) is 18.1 Å². The third-order valence-electron chi connectivity index (χ3n) is 2.65. The molecule has 1 heterocycles. The quantitative estimate of drug-likeness (QED) is 0.889. The SMILES string of the molecule is COc1ccc2c(c1)C(CC(C)O)=CS2(=O)=O. The van der Waals surface area contributed by atoms with Crippen LogP contribution in [0.5, 0.6) is 5.75 Å². The molecule has 1 N–H and O–H groups in total. The van der Waals surface area contributed by atoms with Crippen LogP contribution in [-0.2, 0) is 9.84 Å². The Kier molecular flexibility index (Phi) is 2.97. The van der Waals surface area contributed by atoms with E-state index in [4.69, 9.17) is 4.74 Å². The molecule has 1 unspecified atom stereocenters. The minimum absolute atomic E-state index is 0.286. The van der Waals surface area contributed by atoms with Crippen molar-refractivity contribution < 1.29 is 18.3 Å². The van der Waals surface area contributed by atoms with Gasteiger partial charge in [-0.1, -0.05) is 0 Å². The van der Waals surface area contributed by atoms with Gasteiger partial charge in [0.2, 0.25) is 9.84 Å². The lowest BCUT2D eigenvalue weighted by Crippen LogP contribution is -2.00. The van der Waals surface area contributed by atoms with Gasteiger partial charge >= 0.3 is 0 Å². The van der Waals surface area contributed by atoms with E-state index in [2.05, 4.69) is 0 Å². The highest BCUT2D eigenvalue weighted by molar-refractivity contribution is 7.95. The molecule has 5 heteroatoms. The van der Waals surface area contributed by atoms with E-state index in [1.54, 1.807) is 19.1 Å². The van der Waals surface area contributed by atoms with Crippen LogP contribution in [0.4, 0.5) is 0 Å². The molecule has 0 aliphatic carbocycles. The molecule has 0 radical (unpaired) electrons.